The predicted molar refractivity (Wildman–Crippen MR) is 649 cm³/mol. The second-order valence-electron chi connectivity index (χ2n) is 36.6. The summed E-state index contributed by atoms with van der Waals surface area (Å²) < 4.78 is 6.41. The summed E-state index contributed by atoms with van der Waals surface area (Å²) in [4.78, 5) is 16.8. The molecule has 3 N–H and O–H groups in total. The molecule has 4 aromatic heterocycles. The number of benzene rings is 11. The van der Waals surface area contributed by atoms with Gasteiger partial charge in [0.25, 0.3) is 0 Å². The summed E-state index contributed by atoms with van der Waals surface area (Å²) >= 11 is 38.4. The highest BCUT2D eigenvalue weighted by molar-refractivity contribution is 9.93. The Morgan fingerprint density at radius 3 is 1.03 bits per heavy atom. The number of aromatic nitrogens is 14. The lowest BCUT2D eigenvalue weighted by Gasteiger charge is -2.23. The molecule has 20 nitrogen and oxygen atoms in total. The average Bonchev–Trinajstić information content (AvgIpc) is 1.62. The van der Waals surface area contributed by atoms with Crippen molar-refractivity contribution in [3.8, 4) is 68.3 Å². The molecule has 0 atom stereocenters. The van der Waals surface area contributed by atoms with Crippen molar-refractivity contribution in [1.82, 2.24) is 75.3 Å². The van der Waals surface area contributed by atoms with Crippen molar-refractivity contribution in [2.45, 2.75) is 240 Å². The highest BCUT2D eigenvalue weighted by Gasteiger charge is 2.27. The average molecular weight is 2460 g/mol. The number of para-hydroxylation sites is 5. The number of nitrogens with one attached hydrogen (secondary N) is 1. The van der Waals surface area contributed by atoms with Crippen molar-refractivity contribution >= 4 is 176 Å². The normalized spacial score (nSPS) is 10.7. The van der Waals surface area contributed by atoms with Gasteiger partial charge in [0.2, 0.25) is 21.1 Å². The Labute approximate surface area is 944 Å². The Kier molecular flexibility index (Phi) is 61.2. The maximum atomic E-state index is 8.76. The summed E-state index contributed by atoms with van der Waals surface area (Å²) in [6.45, 7) is 65.3. The van der Waals surface area contributed by atoms with Crippen molar-refractivity contribution in [2.75, 3.05) is 30.3 Å². The molecule has 11 aromatic carbocycles. The molecule has 147 heavy (non-hydrogen) atoms. The van der Waals surface area contributed by atoms with Crippen molar-refractivity contribution in [3.63, 3.8) is 0 Å². The molecule has 31 heteroatoms. The van der Waals surface area contributed by atoms with Crippen LogP contribution in [0.15, 0.2) is 276 Å². The van der Waals surface area contributed by atoms with Crippen LogP contribution in [0.5, 0.6) is 0 Å². The summed E-state index contributed by atoms with van der Waals surface area (Å²) in [7, 11) is -1.35. The molecule has 15 aromatic rings. The van der Waals surface area contributed by atoms with Crippen LogP contribution in [0.3, 0.4) is 0 Å². The van der Waals surface area contributed by atoms with E-state index in [-0.39, 0.29) is 18.1 Å². The highest BCUT2D eigenvalue weighted by Crippen LogP contribution is 2.43. The molecule has 0 fully saturated rings. The number of aryl methyl sites for hydroxylation is 2. The van der Waals surface area contributed by atoms with E-state index >= 15 is 0 Å². The van der Waals surface area contributed by atoms with Crippen molar-refractivity contribution in [3.05, 3.63) is 344 Å². The van der Waals surface area contributed by atoms with Crippen LogP contribution in [0.1, 0.15) is 293 Å². The van der Waals surface area contributed by atoms with Crippen molar-refractivity contribution in [2.24, 2.45) is 9.98 Å². The fourth-order valence-electron chi connectivity index (χ4n) is 15.6. The number of halogens is 10. The standard InChI is InChI=1S/C27H29N3.C20H22BrN5.C20H22BrN3.C13H17Br2N.C13H17N.C7H9BO2.C7H6N4.C6H15N.2CH2Cl2.CH4.Br2/c1-18(2)22-16-11-17-23(19(3)4)25(22)30-26(21-13-7-6-8-14-21)28-29-27(30)24-15-10-9-12-20(24)5;1-13(2)16-11-8-12-17(14(3)4)18(16)22-20(21)26-24-19(23-25-26)15-9-6-5-7-10-15;1-13(2)16-11-8-12-17(14(3)4)18(16)24-19(22-23-20(24)21)15-9-6-5-7-10-15;1-8(2)10-6-5-7-11(9(3)4)12(10)16-13(14)15;1-9(2)11-7-6-8-12(10(3)4)13(11)14-5;1-6-4-2-3-5-7(6)8(9)10;1-2-4-6(5-3-1)7-8-10-11-9-7;1-4-7(5-2)6-3;2*2-1-3;;1-2/h6-19H,1-5H3;5-14H,1-4H3;5-14H,1-4H3;5-9H,1-4H3;6-10H,1-4H3;2-5,9-10H,1H3;1-5H,(H,8,9,10,11);4-6H2,1-3H3;2*1H2;1H4;. The van der Waals surface area contributed by atoms with E-state index in [1.807, 2.05) is 104 Å². The van der Waals surface area contributed by atoms with E-state index in [0.29, 0.717) is 81.0 Å². The third kappa shape index (κ3) is 40.1. The second-order valence-corrected chi connectivity index (χ2v) is 42.2. The van der Waals surface area contributed by atoms with Crippen LogP contribution in [-0.2, 0) is 0 Å². The maximum absolute atomic E-state index is 8.76. The van der Waals surface area contributed by atoms with Gasteiger partial charge in [-0.2, -0.15) is 5.21 Å². The van der Waals surface area contributed by atoms with Gasteiger partial charge >= 0.3 is 7.12 Å². The molecule has 4 heterocycles. The van der Waals surface area contributed by atoms with Crippen LogP contribution >= 0.6 is 138 Å². The number of rotatable bonds is 23. The summed E-state index contributed by atoms with van der Waals surface area (Å²) in [6.07, 6.45) is 0. The van der Waals surface area contributed by atoms with Crippen LogP contribution in [0.2, 0.25) is 0 Å². The second kappa shape index (κ2) is 69.2. The molecule has 0 radical (unpaired) electrons. The molecule has 0 bridgehead atoms. The van der Waals surface area contributed by atoms with Gasteiger partial charge in [-0.05, 0) is 233 Å². The number of nitrogens with zero attached hydrogens (tertiary/aromatic N) is 17. The summed E-state index contributed by atoms with van der Waals surface area (Å²) in [5.74, 6) is 7.99. The molecule has 0 aliphatic carbocycles. The lowest BCUT2D eigenvalue weighted by atomic mass is 9.77. The quantitative estimate of drug-likeness (QED) is 0.0178. The zero-order valence-corrected chi connectivity index (χ0v) is 101. The molecular weight excluding hydrogens is 2310 g/mol. The minimum atomic E-state index is -1.35. The van der Waals surface area contributed by atoms with Crippen molar-refractivity contribution in [1.29, 1.82) is 0 Å². The first-order chi connectivity index (χ1) is 69.8. The predicted octanol–water partition coefficient (Wildman–Crippen LogP) is 35.9. The van der Waals surface area contributed by atoms with E-state index in [1.54, 1.807) is 12.1 Å². The van der Waals surface area contributed by atoms with E-state index in [0.717, 1.165) is 76.2 Å². The number of tetrazole rings is 2. The Bertz CT molecular complexity index is 6270. The molecule has 0 aliphatic rings. The van der Waals surface area contributed by atoms with Gasteiger partial charge in [-0.25, -0.2) is 14.8 Å². The smallest absolute Gasteiger partial charge is 0.423 e. The zero-order valence-electron chi connectivity index (χ0n) is 88.5. The molecular formula is C116H145BBr6Cl4N18O2. The van der Waals surface area contributed by atoms with Gasteiger partial charge in [-0.1, -0.05) is 433 Å². The van der Waals surface area contributed by atoms with Gasteiger partial charge < -0.3 is 14.9 Å². The number of alkyl halides is 4. The first-order valence-corrected chi connectivity index (χ1v) is 57.9. The third-order valence-electron chi connectivity index (χ3n) is 23.2. The largest absolute Gasteiger partial charge is 0.488 e. The molecule has 0 unspecified atom stereocenters. The number of aliphatic imine (C=N–C) groups is 2. The van der Waals surface area contributed by atoms with Crippen LogP contribution < -0.4 is 5.46 Å². The van der Waals surface area contributed by atoms with Gasteiger partial charge in [-0.3, -0.25) is 9.13 Å². The molecule has 0 spiro atoms. The summed E-state index contributed by atoms with van der Waals surface area (Å²) in [5, 5.41) is 62.3. The summed E-state index contributed by atoms with van der Waals surface area (Å²) in [5.41, 5.74) is 25.7. The Hall–Kier alpha value is -9.35. The first kappa shape index (κ1) is 130. The van der Waals surface area contributed by atoms with E-state index in [4.69, 9.17) is 78.2 Å². The molecule has 15 rings (SSSR count). The summed E-state index contributed by atoms with van der Waals surface area (Å²) in [6, 6.07) is 87.8. The number of hydrogen-bond acceptors (Lipinski definition) is 15. The lowest BCUT2D eigenvalue weighted by molar-refractivity contribution is 0.321. The first-order valence-electron chi connectivity index (χ1n) is 48.9. The van der Waals surface area contributed by atoms with Crippen molar-refractivity contribution < 1.29 is 10.0 Å². The van der Waals surface area contributed by atoms with Gasteiger partial charge in [0.1, 0.15) is 3.53 Å². The molecule has 0 saturated heterocycles. The Balaban J connectivity index is 0.000000357. The monoisotopic (exact) mass is 2450 g/mol. The maximum Gasteiger partial charge on any atom is 0.488 e. The van der Waals surface area contributed by atoms with E-state index in [2.05, 4.69) is 480 Å². The van der Waals surface area contributed by atoms with Crippen LogP contribution in [0.25, 0.3) is 73.2 Å². The molecule has 0 aliphatic heterocycles. The fourth-order valence-corrected chi connectivity index (χ4v) is 16.7. The zero-order chi connectivity index (χ0) is 108. The minimum absolute atomic E-state index is 0. The van der Waals surface area contributed by atoms with Gasteiger partial charge in [0.15, 0.2) is 23.2 Å². The number of H-pyrrole nitrogens is 1. The van der Waals surface area contributed by atoms with Crippen LogP contribution in [0.4, 0.5) is 17.1 Å². The number of hydrogen-bond donors (Lipinski definition) is 3. The Morgan fingerprint density at radius 2 is 0.701 bits per heavy atom. The van der Waals surface area contributed by atoms with Crippen LogP contribution in [-0.4, -0.2) is 131 Å². The number of aromatic amines is 1. The Morgan fingerprint density at radius 1 is 0.388 bits per heavy atom. The molecule has 0 amide bonds. The van der Waals surface area contributed by atoms with Gasteiger partial charge in [0.05, 0.1) is 40.0 Å². The SMILES string of the molecule is BrBr.C.CC(C)c1cccc(C(C)C)c1-n1c(Br)nnc1-c1ccccc1.CC(C)c1cccc(C(C)C)c1N=C(Br)Br.CC(C)c1cccc(C(C)C)c1N=C(Br)n1nnc(-c2ccccc2)n1.CCN(CC)CC.Cc1ccccc1-c1nnc(-c2ccccc2)n1-c1c(C(C)C)cccc1C(C)C.Cc1ccccc1B(O)O.ClCCl.ClCCl.[C-]#[N+]c1c(C(C)C)cccc1C(C)C.c1ccc(-c2nn[nH]n2)cc1. The molecule has 784 valence electrons. The van der Waals surface area contributed by atoms with E-state index < -0.39 is 7.12 Å². The third-order valence-corrected chi connectivity index (χ3v) is 24.6. The van der Waals surface area contributed by atoms with Crippen LogP contribution in [0, 0.1) is 20.4 Å². The minimum Gasteiger partial charge on any atom is -0.423 e. The highest BCUT2D eigenvalue weighted by atomic mass is 80.9. The van der Waals surface area contributed by atoms with Gasteiger partial charge in [-0.15, -0.1) is 92.0 Å². The van der Waals surface area contributed by atoms with E-state index in [9.17, 15) is 0 Å². The lowest BCUT2D eigenvalue weighted by Crippen LogP contribution is -2.31. The molecule has 0 saturated carbocycles. The topological polar surface area (TPSA) is 232 Å². The van der Waals surface area contributed by atoms with Gasteiger partial charge in [0, 0.05) is 56.1 Å². The van der Waals surface area contributed by atoms with E-state index in [1.165, 1.54) is 97.0 Å². The fraction of sp³-hybridized carbons (Fsp3) is 0.353.